The molecule has 88 valence electrons. The van der Waals surface area contributed by atoms with Crippen LogP contribution in [0.4, 0.5) is 4.39 Å². The molecule has 1 aromatic rings. The predicted molar refractivity (Wildman–Crippen MR) is 62.4 cm³/mol. The average molecular weight is 223 g/mol. The minimum Gasteiger partial charge on any atom is -0.347 e. The third-order valence-corrected chi connectivity index (χ3v) is 2.51. The molecule has 0 fully saturated rings. The summed E-state index contributed by atoms with van der Waals surface area (Å²) in [6, 6.07) is 6.29. The van der Waals surface area contributed by atoms with Crippen LogP contribution in [0, 0.1) is 11.7 Å². The molecule has 0 heterocycles. The maximum absolute atomic E-state index is 13.1. The number of amides is 1. The van der Waals surface area contributed by atoms with Crippen molar-refractivity contribution < 1.29 is 9.18 Å². The van der Waals surface area contributed by atoms with Gasteiger partial charge in [0.05, 0.1) is 5.54 Å². The molecule has 0 aliphatic carbocycles. The number of carbonyl (C=O) groups is 1. The largest absolute Gasteiger partial charge is 0.347 e. The van der Waals surface area contributed by atoms with Gasteiger partial charge in [-0.1, -0.05) is 26.0 Å². The fourth-order valence-electron chi connectivity index (χ4n) is 1.40. The van der Waals surface area contributed by atoms with Crippen LogP contribution in [0.1, 0.15) is 33.3 Å². The lowest BCUT2D eigenvalue weighted by Gasteiger charge is -2.28. The highest BCUT2D eigenvalue weighted by Gasteiger charge is 2.24. The van der Waals surface area contributed by atoms with Crippen molar-refractivity contribution in [1.29, 1.82) is 0 Å². The minimum atomic E-state index is -0.552. The molecule has 1 amide bonds. The summed E-state index contributed by atoms with van der Waals surface area (Å²) in [5.74, 6) is -0.397. The van der Waals surface area contributed by atoms with E-state index in [-0.39, 0.29) is 17.6 Å². The molecule has 2 nitrogen and oxygen atoms in total. The Labute approximate surface area is 95.9 Å². The van der Waals surface area contributed by atoms with Crippen LogP contribution in [0.3, 0.4) is 0 Å². The summed E-state index contributed by atoms with van der Waals surface area (Å²) in [5, 5.41) is 2.89. The van der Waals surface area contributed by atoms with Crippen molar-refractivity contribution in [3.8, 4) is 0 Å². The van der Waals surface area contributed by atoms with Gasteiger partial charge in [0.25, 0.3) is 0 Å². The molecule has 0 aliphatic heterocycles. The fraction of sp³-hybridized carbons (Fsp3) is 0.462. The van der Waals surface area contributed by atoms with Crippen molar-refractivity contribution in [2.45, 2.75) is 33.2 Å². The third-order valence-electron chi connectivity index (χ3n) is 2.51. The lowest BCUT2D eigenvalue weighted by Crippen LogP contribution is -2.43. The lowest BCUT2D eigenvalue weighted by atomic mass is 9.93. The summed E-state index contributed by atoms with van der Waals surface area (Å²) in [7, 11) is 0. The summed E-state index contributed by atoms with van der Waals surface area (Å²) in [6.45, 7) is 7.39. The van der Waals surface area contributed by atoms with E-state index in [1.807, 2.05) is 33.8 Å². The highest BCUT2D eigenvalue weighted by atomic mass is 19.1. The molecule has 0 radical (unpaired) electrons. The summed E-state index contributed by atoms with van der Waals surface area (Å²) in [6.07, 6.45) is 0. The van der Waals surface area contributed by atoms with Gasteiger partial charge in [0.1, 0.15) is 5.82 Å². The van der Waals surface area contributed by atoms with Crippen LogP contribution in [0.2, 0.25) is 0 Å². The number of hydrogen-bond acceptors (Lipinski definition) is 1. The van der Waals surface area contributed by atoms with E-state index >= 15 is 0 Å². The van der Waals surface area contributed by atoms with Gasteiger partial charge in [0.15, 0.2) is 0 Å². The topological polar surface area (TPSA) is 29.1 Å². The van der Waals surface area contributed by atoms with E-state index in [1.165, 1.54) is 12.1 Å². The molecule has 0 unspecified atom stereocenters. The first-order valence-electron chi connectivity index (χ1n) is 5.41. The summed E-state index contributed by atoms with van der Waals surface area (Å²) in [4.78, 5) is 11.6. The molecule has 0 bridgehead atoms. The van der Waals surface area contributed by atoms with Crippen molar-refractivity contribution >= 4 is 5.91 Å². The zero-order valence-electron chi connectivity index (χ0n) is 10.2. The van der Waals surface area contributed by atoms with E-state index in [9.17, 15) is 9.18 Å². The molecule has 1 rings (SSSR count). The van der Waals surface area contributed by atoms with Gasteiger partial charge in [-0.3, -0.25) is 4.79 Å². The summed E-state index contributed by atoms with van der Waals surface area (Å²) < 4.78 is 13.1. The number of halogens is 1. The van der Waals surface area contributed by atoms with Crippen LogP contribution in [0.5, 0.6) is 0 Å². The summed E-state index contributed by atoms with van der Waals surface area (Å²) in [5.41, 5.74) is 0.213. The molecule has 0 saturated heterocycles. The third kappa shape index (κ3) is 3.05. The quantitative estimate of drug-likeness (QED) is 0.838. The van der Waals surface area contributed by atoms with E-state index in [4.69, 9.17) is 0 Å². The van der Waals surface area contributed by atoms with E-state index < -0.39 is 5.54 Å². The summed E-state index contributed by atoms with van der Waals surface area (Å²) >= 11 is 0. The van der Waals surface area contributed by atoms with Crippen LogP contribution in [-0.2, 0) is 10.3 Å². The van der Waals surface area contributed by atoms with E-state index in [0.717, 1.165) is 5.56 Å². The Morgan fingerprint density at radius 1 is 1.38 bits per heavy atom. The monoisotopic (exact) mass is 223 g/mol. The first-order chi connectivity index (χ1) is 7.33. The Kier molecular flexibility index (Phi) is 3.68. The van der Waals surface area contributed by atoms with Crippen LogP contribution >= 0.6 is 0 Å². The zero-order valence-corrected chi connectivity index (χ0v) is 10.2. The van der Waals surface area contributed by atoms with E-state index in [1.54, 1.807) is 6.07 Å². The first-order valence-corrected chi connectivity index (χ1v) is 5.41. The Morgan fingerprint density at radius 3 is 2.50 bits per heavy atom. The van der Waals surface area contributed by atoms with Crippen molar-refractivity contribution in [3.63, 3.8) is 0 Å². The number of nitrogens with one attached hydrogen (secondary N) is 1. The van der Waals surface area contributed by atoms with Crippen LogP contribution in [0.15, 0.2) is 24.3 Å². The number of hydrogen-bond donors (Lipinski definition) is 1. The van der Waals surface area contributed by atoms with Gasteiger partial charge in [0, 0.05) is 5.92 Å². The highest BCUT2D eigenvalue weighted by Crippen LogP contribution is 2.21. The lowest BCUT2D eigenvalue weighted by molar-refractivity contribution is -0.125. The Morgan fingerprint density at radius 2 is 2.00 bits per heavy atom. The van der Waals surface area contributed by atoms with Crippen LogP contribution in [0.25, 0.3) is 0 Å². The van der Waals surface area contributed by atoms with Gasteiger partial charge in [-0.05, 0) is 31.5 Å². The second kappa shape index (κ2) is 4.64. The Bertz CT molecular complexity index is 385. The standard InChI is InChI=1S/C13H18FNO/c1-9(2)12(16)15-13(3,4)10-6-5-7-11(14)8-10/h5-9H,1-4H3,(H,15,16). The molecule has 0 aromatic heterocycles. The van der Waals surface area contributed by atoms with Crippen LogP contribution in [-0.4, -0.2) is 5.91 Å². The maximum Gasteiger partial charge on any atom is 0.223 e. The van der Waals surface area contributed by atoms with Gasteiger partial charge in [-0.25, -0.2) is 4.39 Å². The SMILES string of the molecule is CC(C)C(=O)NC(C)(C)c1cccc(F)c1. The van der Waals surface area contributed by atoms with Crippen molar-refractivity contribution in [3.05, 3.63) is 35.6 Å². The normalized spacial score (nSPS) is 11.6. The van der Waals surface area contributed by atoms with Crippen molar-refractivity contribution in [2.75, 3.05) is 0 Å². The molecule has 0 atom stereocenters. The molecular weight excluding hydrogens is 205 g/mol. The minimum absolute atomic E-state index is 0.0331. The van der Waals surface area contributed by atoms with Gasteiger partial charge < -0.3 is 5.32 Å². The average Bonchev–Trinajstić information content (AvgIpc) is 2.17. The first kappa shape index (κ1) is 12.7. The van der Waals surface area contributed by atoms with E-state index in [2.05, 4.69) is 5.32 Å². The zero-order chi connectivity index (χ0) is 12.3. The Balaban J connectivity index is 2.89. The molecule has 3 heteroatoms. The van der Waals surface area contributed by atoms with Gasteiger partial charge in [0.2, 0.25) is 5.91 Å². The number of benzene rings is 1. The molecule has 1 N–H and O–H groups in total. The molecule has 16 heavy (non-hydrogen) atoms. The second-order valence-electron chi connectivity index (χ2n) is 4.78. The molecule has 1 aromatic carbocycles. The number of rotatable bonds is 3. The van der Waals surface area contributed by atoms with Crippen molar-refractivity contribution in [2.24, 2.45) is 5.92 Å². The van der Waals surface area contributed by atoms with Gasteiger partial charge in [-0.2, -0.15) is 0 Å². The molecule has 0 saturated carbocycles. The maximum atomic E-state index is 13.1. The molecule has 0 spiro atoms. The molecular formula is C13H18FNO. The van der Waals surface area contributed by atoms with Crippen molar-refractivity contribution in [1.82, 2.24) is 5.32 Å². The van der Waals surface area contributed by atoms with Crippen LogP contribution < -0.4 is 5.32 Å². The van der Waals surface area contributed by atoms with Gasteiger partial charge >= 0.3 is 0 Å². The Hall–Kier alpha value is -1.38. The second-order valence-corrected chi connectivity index (χ2v) is 4.78. The van der Waals surface area contributed by atoms with Gasteiger partial charge in [-0.15, -0.1) is 0 Å². The van der Waals surface area contributed by atoms with E-state index in [0.29, 0.717) is 0 Å². The molecule has 0 aliphatic rings. The highest BCUT2D eigenvalue weighted by molar-refractivity contribution is 5.78. The smallest absolute Gasteiger partial charge is 0.223 e. The predicted octanol–water partition coefficient (Wildman–Crippen LogP) is 2.83. The fourth-order valence-corrected chi connectivity index (χ4v) is 1.40. The number of carbonyl (C=O) groups excluding carboxylic acids is 1.